The maximum atomic E-state index is 6.17. The molecule has 0 aliphatic rings. The molecule has 0 aliphatic carbocycles. The van der Waals surface area contributed by atoms with Gasteiger partial charge in [0.05, 0.1) is 11.6 Å². The van der Waals surface area contributed by atoms with Gasteiger partial charge in [-0.25, -0.2) is 4.98 Å². The van der Waals surface area contributed by atoms with Crippen LogP contribution in [-0.4, -0.2) is 24.6 Å². The molecule has 1 heterocycles. The van der Waals surface area contributed by atoms with E-state index in [1.807, 2.05) is 24.2 Å². The SMILES string of the molecule is C#CCN(C)c1ncc(CNC(C)C)cc1Cl. The molecule has 0 bridgehead atoms. The fourth-order valence-corrected chi connectivity index (χ4v) is 1.71. The molecule has 0 aromatic carbocycles. The number of terminal acetylenes is 1. The van der Waals surface area contributed by atoms with Crippen molar-refractivity contribution in [2.75, 3.05) is 18.5 Å². The number of pyridine rings is 1. The second-order valence-corrected chi connectivity index (χ2v) is 4.65. The summed E-state index contributed by atoms with van der Waals surface area (Å²) < 4.78 is 0. The molecule has 0 atom stereocenters. The molecule has 4 heteroatoms. The molecule has 0 amide bonds. The molecule has 0 radical (unpaired) electrons. The Morgan fingerprint density at radius 3 is 2.82 bits per heavy atom. The second kappa shape index (κ2) is 6.48. The average molecular weight is 252 g/mol. The lowest BCUT2D eigenvalue weighted by molar-refractivity contribution is 0.588. The average Bonchev–Trinajstić information content (AvgIpc) is 2.26. The Bertz CT molecular complexity index is 410. The quantitative estimate of drug-likeness (QED) is 0.814. The topological polar surface area (TPSA) is 28.2 Å². The smallest absolute Gasteiger partial charge is 0.147 e. The predicted octanol–water partition coefficient (Wildman–Crippen LogP) is 2.30. The third kappa shape index (κ3) is 4.26. The van der Waals surface area contributed by atoms with Gasteiger partial charge >= 0.3 is 0 Å². The van der Waals surface area contributed by atoms with Crippen LogP contribution in [-0.2, 0) is 6.54 Å². The van der Waals surface area contributed by atoms with E-state index in [0.29, 0.717) is 17.6 Å². The van der Waals surface area contributed by atoms with Gasteiger partial charge in [0, 0.05) is 25.8 Å². The minimum Gasteiger partial charge on any atom is -0.347 e. The van der Waals surface area contributed by atoms with Gasteiger partial charge in [-0.15, -0.1) is 6.42 Å². The molecule has 0 spiro atoms. The summed E-state index contributed by atoms with van der Waals surface area (Å²) in [7, 11) is 1.88. The van der Waals surface area contributed by atoms with Crippen LogP contribution >= 0.6 is 11.6 Å². The lowest BCUT2D eigenvalue weighted by Gasteiger charge is -2.17. The summed E-state index contributed by atoms with van der Waals surface area (Å²) in [6, 6.07) is 2.37. The van der Waals surface area contributed by atoms with E-state index in [4.69, 9.17) is 18.0 Å². The number of nitrogens with zero attached hydrogens (tertiary/aromatic N) is 2. The molecule has 0 saturated heterocycles. The summed E-state index contributed by atoms with van der Waals surface area (Å²) >= 11 is 6.17. The predicted molar refractivity (Wildman–Crippen MR) is 73.3 cm³/mol. The Morgan fingerprint density at radius 2 is 2.29 bits per heavy atom. The molecule has 0 saturated carbocycles. The van der Waals surface area contributed by atoms with E-state index in [-0.39, 0.29) is 0 Å². The Balaban J connectivity index is 2.76. The zero-order valence-electron chi connectivity index (χ0n) is 10.5. The summed E-state index contributed by atoms with van der Waals surface area (Å²) in [6.45, 7) is 5.47. The Hall–Kier alpha value is -1.24. The molecule has 3 nitrogen and oxygen atoms in total. The van der Waals surface area contributed by atoms with Crippen LogP contribution in [0.5, 0.6) is 0 Å². The maximum Gasteiger partial charge on any atom is 0.147 e. The summed E-state index contributed by atoms with van der Waals surface area (Å²) in [6.07, 6.45) is 7.08. The van der Waals surface area contributed by atoms with Crippen molar-refractivity contribution < 1.29 is 0 Å². The van der Waals surface area contributed by atoms with Crippen LogP contribution in [0.3, 0.4) is 0 Å². The number of hydrogen-bond donors (Lipinski definition) is 1. The first-order valence-corrected chi connectivity index (χ1v) is 5.94. The molecule has 1 N–H and O–H groups in total. The summed E-state index contributed by atoms with van der Waals surface area (Å²) in [5, 5.41) is 3.95. The first-order chi connectivity index (χ1) is 8.04. The fraction of sp³-hybridized carbons (Fsp3) is 0.462. The zero-order chi connectivity index (χ0) is 12.8. The molecule has 1 rings (SSSR count). The van der Waals surface area contributed by atoms with E-state index in [1.54, 1.807) is 0 Å². The Kier molecular flexibility index (Phi) is 5.27. The van der Waals surface area contributed by atoms with E-state index in [2.05, 4.69) is 30.1 Å². The highest BCUT2D eigenvalue weighted by atomic mass is 35.5. The van der Waals surface area contributed by atoms with Crippen LogP contribution < -0.4 is 10.2 Å². The summed E-state index contributed by atoms with van der Waals surface area (Å²) in [5.41, 5.74) is 1.07. The van der Waals surface area contributed by atoms with Crippen molar-refractivity contribution in [2.45, 2.75) is 26.4 Å². The standard InChI is InChI=1S/C13H18ClN3/c1-5-6-17(4)13-12(14)7-11(9-16-13)8-15-10(2)3/h1,7,9-10,15H,6,8H2,2-4H3. The minimum atomic E-state index is 0.442. The number of aromatic nitrogens is 1. The monoisotopic (exact) mass is 251 g/mol. The van der Waals surface area contributed by atoms with E-state index in [9.17, 15) is 0 Å². The highest BCUT2D eigenvalue weighted by Gasteiger charge is 2.07. The van der Waals surface area contributed by atoms with Crippen molar-refractivity contribution >= 4 is 17.4 Å². The third-order valence-electron chi connectivity index (χ3n) is 2.28. The van der Waals surface area contributed by atoms with Crippen LogP contribution in [0.4, 0.5) is 5.82 Å². The second-order valence-electron chi connectivity index (χ2n) is 4.24. The number of nitrogens with one attached hydrogen (secondary N) is 1. The molecule has 92 valence electrons. The van der Waals surface area contributed by atoms with E-state index >= 15 is 0 Å². The van der Waals surface area contributed by atoms with Crippen LogP contribution in [0, 0.1) is 12.3 Å². The van der Waals surface area contributed by atoms with Crippen LogP contribution in [0.25, 0.3) is 0 Å². The van der Waals surface area contributed by atoms with Crippen molar-refractivity contribution in [1.82, 2.24) is 10.3 Å². The lowest BCUT2D eigenvalue weighted by atomic mass is 10.2. The number of halogens is 1. The van der Waals surface area contributed by atoms with Gasteiger partial charge in [0.1, 0.15) is 5.82 Å². The van der Waals surface area contributed by atoms with E-state index in [1.165, 1.54) is 0 Å². The van der Waals surface area contributed by atoms with Gasteiger partial charge in [-0.05, 0) is 11.6 Å². The zero-order valence-corrected chi connectivity index (χ0v) is 11.3. The number of anilines is 1. The minimum absolute atomic E-state index is 0.442. The highest BCUT2D eigenvalue weighted by molar-refractivity contribution is 6.33. The van der Waals surface area contributed by atoms with Gasteiger partial charge in [-0.3, -0.25) is 0 Å². The van der Waals surface area contributed by atoms with Gasteiger partial charge in [0.2, 0.25) is 0 Å². The normalized spacial score (nSPS) is 10.4. The molecular formula is C13H18ClN3. The van der Waals surface area contributed by atoms with E-state index in [0.717, 1.165) is 17.9 Å². The molecule has 0 unspecified atom stereocenters. The molecule has 17 heavy (non-hydrogen) atoms. The van der Waals surface area contributed by atoms with Gasteiger partial charge in [0.15, 0.2) is 0 Å². The Labute approximate surface area is 108 Å². The van der Waals surface area contributed by atoms with Crippen molar-refractivity contribution in [3.05, 3.63) is 22.8 Å². The van der Waals surface area contributed by atoms with E-state index < -0.39 is 0 Å². The highest BCUT2D eigenvalue weighted by Crippen LogP contribution is 2.22. The van der Waals surface area contributed by atoms with Gasteiger partial charge in [-0.1, -0.05) is 31.4 Å². The summed E-state index contributed by atoms with van der Waals surface area (Å²) in [5.74, 6) is 3.28. The Morgan fingerprint density at radius 1 is 1.59 bits per heavy atom. The van der Waals surface area contributed by atoms with Crippen molar-refractivity contribution in [3.63, 3.8) is 0 Å². The van der Waals surface area contributed by atoms with Gasteiger partial charge < -0.3 is 10.2 Å². The summed E-state index contributed by atoms with van der Waals surface area (Å²) in [4.78, 5) is 6.18. The van der Waals surface area contributed by atoms with Gasteiger partial charge in [-0.2, -0.15) is 0 Å². The molecule has 0 aliphatic heterocycles. The van der Waals surface area contributed by atoms with Crippen LogP contribution in [0.1, 0.15) is 19.4 Å². The molecular weight excluding hydrogens is 234 g/mol. The number of hydrogen-bond acceptors (Lipinski definition) is 3. The third-order valence-corrected chi connectivity index (χ3v) is 2.56. The van der Waals surface area contributed by atoms with Crippen molar-refractivity contribution in [2.24, 2.45) is 0 Å². The van der Waals surface area contributed by atoms with Crippen LogP contribution in [0.15, 0.2) is 12.3 Å². The lowest BCUT2D eigenvalue weighted by Crippen LogP contribution is -2.22. The molecule has 1 aromatic heterocycles. The van der Waals surface area contributed by atoms with Crippen molar-refractivity contribution in [1.29, 1.82) is 0 Å². The fourth-order valence-electron chi connectivity index (χ4n) is 1.38. The largest absolute Gasteiger partial charge is 0.347 e. The van der Waals surface area contributed by atoms with Gasteiger partial charge in [0.25, 0.3) is 0 Å². The first-order valence-electron chi connectivity index (χ1n) is 5.57. The first kappa shape index (κ1) is 13.8. The van der Waals surface area contributed by atoms with Crippen molar-refractivity contribution in [3.8, 4) is 12.3 Å². The number of rotatable bonds is 5. The molecule has 0 fully saturated rings. The van der Waals surface area contributed by atoms with Crippen LogP contribution in [0.2, 0.25) is 5.02 Å². The molecule has 1 aromatic rings. The maximum absolute atomic E-state index is 6.17.